The van der Waals surface area contributed by atoms with E-state index in [2.05, 4.69) is 67.3 Å². The van der Waals surface area contributed by atoms with E-state index >= 15 is 0 Å². The van der Waals surface area contributed by atoms with Crippen LogP contribution < -0.4 is 26.6 Å². The van der Waals surface area contributed by atoms with E-state index in [1.165, 1.54) is 12.4 Å². The largest absolute Gasteiger partial charge is 0.416 e. The van der Waals surface area contributed by atoms with Gasteiger partial charge in [0.05, 0.1) is 61.6 Å². The fourth-order valence-electron chi connectivity index (χ4n) is 10.6. The topological polar surface area (TPSA) is 229 Å². The van der Waals surface area contributed by atoms with E-state index in [-0.39, 0.29) is 142 Å². The van der Waals surface area contributed by atoms with E-state index in [1.807, 2.05) is 11.0 Å². The summed E-state index contributed by atoms with van der Waals surface area (Å²) in [5, 5.41) is 15.3. The molecule has 5 N–H and O–H groups in total. The first-order valence-electron chi connectivity index (χ1n) is 25.5. The summed E-state index contributed by atoms with van der Waals surface area (Å²) in [5.41, 5.74) is 0.273. The molecule has 0 unspecified atom stereocenters. The molecule has 2 aliphatic heterocycles. The summed E-state index contributed by atoms with van der Waals surface area (Å²) in [4.78, 5) is 96.6. The van der Waals surface area contributed by atoms with Gasteiger partial charge in [-0.1, -0.05) is 6.07 Å². The normalized spacial score (nSPS) is 24.6. The maximum absolute atomic E-state index is 14.1. The van der Waals surface area contributed by atoms with Crippen molar-refractivity contribution in [2.45, 2.75) is 133 Å². The van der Waals surface area contributed by atoms with E-state index in [0.717, 1.165) is 24.1 Å². The van der Waals surface area contributed by atoms with E-state index in [9.17, 15) is 41.9 Å². The minimum absolute atomic E-state index is 0.0652. The predicted molar refractivity (Wildman–Crippen MR) is 263 cm³/mol. The Kier molecular flexibility index (Phi) is 19.0. The first-order valence-corrected chi connectivity index (χ1v) is 25.5. The summed E-state index contributed by atoms with van der Waals surface area (Å²) in [6, 6.07) is 5.57. The fraction of sp³-hybridized carbons (Fsp3) is 0.627. The van der Waals surface area contributed by atoms with Gasteiger partial charge in [-0.15, -0.1) is 0 Å². The quantitative estimate of drug-likeness (QED) is 0.0906. The fourth-order valence-corrected chi connectivity index (χ4v) is 10.6. The first-order chi connectivity index (χ1) is 35.0. The number of alkyl halides is 3. The van der Waals surface area contributed by atoms with Crippen LogP contribution in [-0.2, 0) is 44.4 Å². The summed E-state index contributed by atoms with van der Waals surface area (Å²) < 4.78 is 51.9. The minimum Gasteiger partial charge on any atom is -0.379 e. The summed E-state index contributed by atoms with van der Waals surface area (Å²) in [5.74, 6) is -1.72. The molecular weight excluding hydrogens is 952 g/mol. The molecule has 3 aromatic rings. The number of benzene rings is 1. The molecule has 7 rings (SSSR count). The summed E-state index contributed by atoms with van der Waals surface area (Å²) >= 11 is 0. The second kappa shape index (κ2) is 25.3. The highest BCUT2D eigenvalue weighted by Gasteiger charge is 2.45. The second-order valence-corrected chi connectivity index (χ2v) is 19.9. The van der Waals surface area contributed by atoms with Crippen molar-refractivity contribution in [3.8, 4) is 0 Å². The van der Waals surface area contributed by atoms with Gasteiger partial charge in [0.1, 0.15) is 18.2 Å². The average Bonchev–Trinajstić information content (AvgIpc) is 3.89. The zero-order valence-electron chi connectivity index (χ0n) is 42.1. The van der Waals surface area contributed by atoms with Crippen LogP contribution in [0.3, 0.4) is 0 Å². The van der Waals surface area contributed by atoms with Crippen molar-refractivity contribution >= 4 is 52.2 Å². The molecule has 6 atom stereocenters. The van der Waals surface area contributed by atoms with Crippen molar-refractivity contribution in [3.05, 3.63) is 60.2 Å². The highest BCUT2D eigenvalue weighted by molar-refractivity contribution is 5.94. The lowest BCUT2D eigenvalue weighted by Crippen LogP contribution is -2.59. The number of pyridine rings is 1. The number of hydrogen-bond acceptors (Lipinski definition) is 13. The maximum Gasteiger partial charge on any atom is 0.416 e. The number of carbonyl (C=O) groups is 6. The molecule has 2 saturated heterocycles. The molecule has 4 heterocycles. The molecule has 2 aromatic heterocycles. The van der Waals surface area contributed by atoms with Crippen LogP contribution in [0.15, 0.2) is 49.1 Å². The number of aromatic nitrogens is 3. The Morgan fingerprint density at radius 2 is 1.63 bits per heavy atom. The zero-order valence-corrected chi connectivity index (χ0v) is 42.1. The number of amides is 6. The van der Waals surface area contributed by atoms with Gasteiger partial charge in [-0.3, -0.25) is 33.8 Å². The van der Waals surface area contributed by atoms with Gasteiger partial charge in [0.2, 0.25) is 35.4 Å². The third-order valence-corrected chi connectivity index (χ3v) is 14.9. The standard InChI is InChI=1S/C51H70F3N11O8/c1-31(2)63(3)36-12-14-42(65-21-16-40(50(65)71)61-47-37-26-34(51(52,53)54)9-13-39(37)58-30-59-47)41(27-36)62-48(69)32-7-10-35(11-8-32)60-44(67)17-22-72-24-25-73-23-20-56-43(66)15-19-57-49(70)38-28-45(68)64(4)46(38)33-6-5-18-55-29-33/h5-6,9,13,18,26,29-32,35-36,38,40-42,46H,7-8,10-12,14-17,19-25,27-28H2,1-4H3,(H,56,66)(H,57,70)(H,60,67)(H,62,69)(H,58,59,61)/t32-,35+,36-,38+,40+,41-,42+,46-/m1/s1. The van der Waals surface area contributed by atoms with Gasteiger partial charge < -0.3 is 50.8 Å². The Balaban J connectivity index is 0.769. The second-order valence-electron chi connectivity index (χ2n) is 19.9. The van der Waals surface area contributed by atoms with Crippen LogP contribution in [0.25, 0.3) is 10.9 Å². The van der Waals surface area contributed by atoms with Gasteiger partial charge in [-0.05, 0) is 102 Å². The molecule has 1 aromatic carbocycles. The third-order valence-electron chi connectivity index (χ3n) is 14.9. The van der Waals surface area contributed by atoms with Crippen molar-refractivity contribution in [1.29, 1.82) is 0 Å². The molecule has 73 heavy (non-hydrogen) atoms. The number of ether oxygens (including phenoxy) is 2. The van der Waals surface area contributed by atoms with Crippen molar-refractivity contribution in [1.82, 2.24) is 50.9 Å². The number of halogens is 3. The Morgan fingerprint density at radius 3 is 2.36 bits per heavy atom. The van der Waals surface area contributed by atoms with Crippen molar-refractivity contribution in [2.24, 2.45) is 11.8 Å². The van der Waals surface area contributed by atoms with Gasteiger partial charge >= 0.3 is 6.18 Å². The summed E-state index contributed by atoms with van der Waals surface area (Å²) in [7, 11) is 3.74. The number of rotatable bonds is 22. The lowest BCUT2D eigenvalue weighted by molar-refractivity contribution is -0.137. The van der Waals surface area contributed by atoms with Gasteiger partial charge in [-0.2, -0.15) is 13.2 Å². The van der Waals surface area contributed by atoms with Crippen LogP contribution in [0.2, 0.25) is 0 Å². The number of fused-ring (bicyclic) bond motifs is 1. The maximum atomic E-state index is 14.1. The van der Waals surface area contributed by atoms with E-state index < -0.39 is 29.7 Å². The molecule has 22 heteroatoms. The Bertz CT molecular complexity index is 2390. The average molecular weight is 1020 g/mol. The molecule has 2 saturated carbocycles. The monoisotopic (exact) mass is 1020 g/mol. The Labute approximate surface area is 423 Å². The van der Waals surface area contributed by atoms with Crippen LogP contribution in [0.4, 0.5) is 19.0 Å². The molecule has 4 aliphatic rings. The number of hydrogen-bond donors (Lipinski definition) is 5. The van der Waals surface area contributed by atoms with E-state index in [1.54, 1.807) is 30.4 Å². The predicted octanol–water partition coefficient (Wildman–Crippen LogP) is 3.74. The van der Waals surface area contributed by atoms with E-state index in [0.29, 0.717) is 57.0 Å². The number of likely N-dealkylation sites (tertiary alicyclic amines) is 2. The first kappa shape index (κ1) is 54.8. The van der Waals surface area contributed by atoms with E-state index in [4.69, 9.17) is 9.47 Å². The van der Waals surface area contributed by atoms with Crippen LogP contribution in [-0.4, -0.2) is 162 Å². The highest BCUT2D eigenvalue weighted by Crippen LogP contribution is 2.38. The number of carbonyl (C=O) groups excluding carboxylic acids is 6. The van der Waals surface area contributed by atoms with Crippen molar-refractivity contribution < 1.29 is 51.4 Å². The molecule has 0 bridgehead atoms. The molecule has 2 aliphatic carbocycles. The minimum atomic E-state index is -4.55. The third kappa shape index (κ3) is 14.4. The zero-order chi connectivity index (χ0) is 52.2. The van der Waals surface area contributed by atoms with Gasteiger partial charge in [0.25, 0.3) is 0 Å². The van der Waals surface area contributed by atoms with Crippen LogP contribution in [0.1, 0.15) is 102 Å². The molecule has 19 nitrogen and oxygen atoms in total. The van der Waals surface area contributed by atoms with Crippen molar-refractivity contribution in [3.63, 3.8) is 0 Å². The molecule has 398 valence electrons. The molecule has 6 amide bonds. The summed E-state index contributed by atoms with van der Waals surface area (Å²) in [6.07, 6.45) is 5.39. The number of anilines is 1. The Morgan fingerprint density at radius 1 is 0.863 bits per heavy atom. The van der Waals surface area contributed by atoms with Gasteiger partial charge in [0.15, 0.2) is 0 Å². The molecule has 4 fully saturated rings. The molecule has 0 radical (unpaired) electrons. The van der Waals surface area contributed by atoms with Crippen LogP contribution in [0.5, 0.6) is 0 Å². The highest BCUT2D eigenvalue weighted by atomic mass is 19.4. The summed E-state index contributed by atoms with van der Waals surface area (Å²) in [6.45, 7) is 6.07. The molecular formula is C51H70F3N11O8. The van der Waals surface area contributed by atoms with Crippen molar-refractivity contribution in [2.75, 3.05) is 65.5 Å². The van der Waals surface area contributed by atoms with Gasteiger partial charge in [0, 0.05) is 87.8 Å². The Hall–Kier alpha value is -6.00. The molecule has 0 spiro atoms. The van der Waals surface area contributed by atoms with Crippen LogP contribution >= 0.6 is 0 Å². The smallest absolute Gasteiger partial charge is 0.379 e. The SMILES string of the molecule is CC(C)N(C)[C@@H]1CC[C@H](N2CC[C@H](Nc3ncnc4ccc(C(F)(F)F)cc34)C2=O)[C@H](NC(=O)[C@H]2CC[C@@H](NC(=O)CCOCCOCCNC(=O)CCNC(=O)[C@H]3CC(=O)N(C)[C@@H]3c3cccnc3)CC2)C1. The lowest BCUT2D eigenvalue weighted by Gasteiger charge is -2.45. The lowest BCUT2D eigenvalue weighted by atomic mass is 9.82. The van der Waals surface area contributed by atoms with Gasteiger partial charge in [-0.25, -0.2) is 9.97 Å². The van der Waals surface area contributed by atoms with Crippen LogP contribution in [0, 0.1) is 11.8 Å². The number of nitrogens with one attached hydrogen (secondary N) is 5. The number of nitrogens with zero attached hydrogens (tertiary/aromatic N) is 6.